The molecule has 0 aromatic heterocycles. The maximum atomic E-state index is 11.9. The van der Waals surface area contributed by atoms with Crippen molar-refractivity contribution in [2.24, 2.45) is 5.73 Å². The van der Waals surface area contributed by atoms with Crippen LogP contribution < -0.4 is 16.4 Å². The quantitative estimate of drug-likeness (QED) is 0.497. The van der Waals surface area contributed by atoms with E-state index in [-0.39, 0.29) is 11.8 Å². The van der Waals surface area contributed by atoms with Crippen molar-refractivity contribution < 1.29 is 9.53 Å². The van der Waals surface area contributed by atoms with Gasteiger partial charge in [0, 0.05) is 24.5 Å². The number of hydrogen-bond donors (Lipinski definition) is 4. The van der Waals surface area contributed by atoms with Gasteiger partial charge < -0.3 is 26.5 Å². The number of benzene rings is 1. The average Bonchev–Trinajstić information content (AvgIpc) is 3.17. The molecule has 2 aliphatic rings. The highest BCUT2D eigenvalue weighted by Crippen LogP contribution is 2.36. The lowest BCUT2D eigenvalue weighted by Crippen LogP contribution is -2.33. The maximum absolute atomic E-state index is 11.9. The van der Waals surface area contributed by atoms with Crippen LogP contribution in [0.5, 0.6) is 0 Å². The van der Waals surface area contributed by atoms with Gasteiger partial charge in [0.1, 0.15) is 5.70 Å². The second kappa shape index (κ2) is 5.90. The first-order valence-electron chi connectivity index (χ1n) is 7.35. The molecule has 6 heteroatoms. The van der Waals surface area contributed by atoms with Gasteiger partial charge in [0.2, 0.25) is 0 Å². The van der Waals surface area contributed by atoms with E-state index in [2.05, 4.69) is 10.6 Å². The molecule has 0 aliphatic carbocycles. The molecule has 1 aromatic carbocycles. The Bertz CT molecular complexity index is 624. The lowest BCUT2D eigenvalue weighted by atomic mass is 10.0. The normalized spacial score (nSPS) is 27.4. The third-order valence-corrected chi connectivity index (χ3v) is 4.21. The number of ether oxygens (including phenoxy) is 1. The summed E-state index contributed by atoms with van der Waals surface area (Å²) in [4.78, 5) is 11.9. The van der Waals surface area contributed by atoms with Crippen LogP contribution in [0.3, 0.4) is 0 Å². The zero-order valence-electron chi connectivity index (χ0n) is 12.4. The van der Waals surface area contributed by atoms with Crippen LogP contribution in [0.1, 0.15) is 25.0 Å². The molecule has 116 valence electrons. The Labute approximate surface area is 129 Å². The fraction of sp³-hybridized carbons (Fsp3) is 0.375. The van der Waals surface area contributed by atoms with E-state index in [1.807, 2.05) is 24.3 Å². The van der Waals surface area contributed by atoms with Gasteiger partial charge in [-0.25, -0.2) is 0 Å². The van der Waals surface area contributed by atoms with Crippen LogP contribution in [-0.2, 0) is 9.53 Å². The molecule has 2 saturated heterocycles. The molecule has 0 radical (unpaired) electrons. The number of anilines is 1. The molecule has 6 nitrogen and oxygen atoms in total. The van der Waals surface area contributed by atoms with Gasteiger partial charge in [-0.15, -0.1) is 0 Å². The van der Waals surface area contributed by atoms with Crippen molar-refractivity contribution in [2.75, 3.05) is 11.9 Å². The molecule has 1 amide bonds. The minimum Gasteiger partial charge on any atom is -0.394 e. The summed E-state index contributed by atoms with van der Waals surface area (Å²) < 4.78 is 5.95. The number of carbonyl (C=O) groups excluding carboxylic acids is 1. The van der Waals surface area contributed by atoms with Gasteiger partial charge in [0.25, 0.3) is 5.91 Å². The van der Waals surface area contributed by atoms with E-state index in [1.165, 1.54) is 0 Å². The van der Waals surface area contributed by atoms with Gasteiger partial charge in [-0.05, 0) is 36.6 Å². The average molecular weight is 300 g/mol. The van der Waals surface area contributed by atoms with Gasteiger partial charge in [0.15, 0.2) is 0 Å². The van der Waals surface area contributed by atoms with Gasteiger partial charge in [0.05, 0.1) is 12.2 Å². The highest BCUT2D eigenvalue weighted by molar-refractivity contribution is 6.06. The zero-order chi connectivity index (χ0) is 15.7. The molecule has 5 N–H and O–H groups in total. The van der Waals surface area contributed by atoms with Crippen LogP contribution in [0.4, 0.5) is 5.69 Å². The van der Waals surface area contributed by atoms with E-state index < -0.39 is 5.91 Å². The van der Waals surface area contributed by atoms with Crippen LogP contribution in [-0.4, -0.2) is 30.8 Å². The van der Waals surface area contributed by atoms with E-state index >= 15 is 0 Å². The number of amides is 1. The van der Waals surface area contributed by atoms with Gasteiger partial charge >= 0.3 is 0 Å². The summed E-state index contributed by atoms with van der Waals surface area (Å²) in [6.07, 6.45) is 2.54. The first kappa shape index (κ1) is 14.7. The predicted molar refractivity (Wildman–Crippen MR) is 84.8 cm³/mol. The van der Waals surface area contributed by atoms with E-state index in [9.17, 15) is 4.79 Å². The number of rotatable bonds is 4. The Hall–Kier alpha value is -2.18. The summed E-state index contributed by atoms with van der Waals surface area (Å²) in [5.74, 6) is -0.397. The largest absolute Gasteiger partial charge is 0.394 e. The molecule has 1 aromatic rings. The Morgan fingerprint density at radius 2 is 2.18 bits per heavy atom. The van der Waals surface area contributed by atoms with Crippen molar-refractivity contribution in [1.29, 1.82) is 5.41 Å². The summed E-state index contributed by atoms with van der Waals surface area (Å²) in [6, 6.07) is 8.00. The van der Waals surface area contributed by atoms with Crippen LogP contribution in [0.25, 0.3) is 0 Å². The summed E-state index contributed by atoms with van der Waals surface area (Å²) in [6.45, 7) is 2.57. The van der Waals surface area contributed by atoms with Gasteiger partial charge in [-0.1, -0.05) is 12.1 Å². The Balaban J connectivity index is 1.67. The maximum Gasteiger partial charge on any atom is 0.271 e. The lowest BCUT2D eigenvalue weighted by Gasteiger charge is -2.23. The molecular weight excluding hydrogens is 280 g/mol. The Morgan fingerprint density at radius 3 is 2.73 bits per heavy atom. The zero-order valence-corrected chi connectivity index (χ0v) is 12.4. The number of carbonyl (C=O) groups is 1. The standard InChI is InChI=1S/C16H20N4O2/c1-9(7-17)14(18)16(21)20-11-4-2-10(3-5-11)15-13-6-12(22-15)8-19-13/h2-5,7,12-13,15,17,19H,6,8,18H2,1H3,(H,20,21)/b14-9-,17-7?/t12-,13-,15+/m0/s1. The van der Waals surface area contributed by atoms with Crippen LogP contribution in [0, 0.1) is 5.41 Å². The number of morpholine rings is 1. The molecular formula is C16H20N4O2. The highest BCUT2D eigenvalue weighted by Gasteiger charge is 2.41. The number of allylic oxidation sites excluding steroid dienone is 1. The molecule has 2 fully saturated rings. The highest BCUT2D eigenvalue weighted by atomic mass is 16.5. The first-order valence-corrected chi connectivity index (χ1v) is 7.35. The lowest BCUT2D eigenvalue weighted by molar-refractivity contribution is -0.112. The number of nitrogens with two attached hydrogens (primary N) is 1. The Morgan fingerprint density at radius 1 is 1.45 bits per heavy atom. The van der Waals surface area contributed by atoms with Crippen molar-refractivity contribution in [2.45, 2.75) is 31.6 Å². The minimum absolute atomic E-state index is 0.0553. The molecule has 0 saturated carbocycles. The van der Waals surface area contributed by atoms with Crippen molar-refractivity contribution in [3.63, 3.8) is 0 Å². The molecule has 22 heavy (non-hydrogen) atoms. The van der Waals surface area contributed by atoms with Crippen molar-refractivity contribution in [3.05, 3.63) is 41.1 Å². The predicted octanol–water partition coefficient (Wildman–Crippen LogP) is 1.31. The number of fused-ring (bicyclic) bond motifs is 2. The fourth-order valence-corrected chi connectivity index (χ4v) is 2.89. The smallest absolute Gasteiger partial charge is 0.271 e. The fourth-order valence-electron chi connectivity index (χ4n) is 2.89. The first-order chi connectivity index (χ1) is 10.6. The summed E-state index contributed by atoms with van der Waals surface area (Å²) in [5.41, 5.74) is 7.95. The van der Waals surface area contributed by atoms with Crippen LogP contribution in [0.15, 0.2) is 35.5 Å². The van der Waals surface area contributed by atoms with Crippen molar-refractivity contribution in [1.82, 2.24) is 5.32 Å². The van der Waals surface area contributed by atoms with Crippen LogP contribution in [0.2, 0.25) is 0 Å². The summed E-state index contributed by atoms with van der Waals surface area (Å²) >= 11 is 0. The summed E-state index contributed by atoms with van der Waals surface area (Å²) in [5, 5.41) is 13.3. The van der Waals surface area contributed by atoms with Crippen molar-refractivity contribution in [3.8, 4) is 0 Å². The van der Waals surface area contributed by atoms with Crippen LogP contribution >= 0.6 is 0 Å². The molecule has 2 bridgehead atoms. The van der Waals surface area contributed by atoms with Gasteiger partial charge in [-0.2, -0.15) is 0 Å². The monoisotopic (exact) mass is 300 g/mol. The molecule has 2 heterocycles. The summed E-state index contributed by atoms with van der Waals surface area (Å²) in [7, 11) is 0. The molecule has 3 rings (SSSR count). The topological polar surface area (TPSA) is 100 Å². The van der Waals surface area contributed by atoms with E-state index in [0.717, 1.165) is 24.7 Å². The van der Waals surface area contributed by atoms with E-state index in [1.54, 1.807) is 6.92 Å². The molecule has 2 aliphatic heterocycles. The molecule has 0 spiro atoms. The second-order valence-corrected chi connectivity index (χ2v) is 5.75. The van der Waals surface area contributed by atoms with Crippen molar-refractivity contribution >= 4 is 17.8 Å². The third kappa shape index (κ3) is 2.75. The molecule has 0 unspecified atom stereocenters. The third-order valence-electron chi connectivity index (χ3n) is 4.21. The van der Waals surface area contributed by atoms with E-state index in [0.29, 0.717) is 23.4 Å². The second-order valence-electron chi connectivity index (χ2n) is 5.75. The Kier molecular flexibility index (Phi) is 3.96. The minimum atomic E-state index is -0.397. The SMILES string of the molecule is C/C(C=N)=C(/N)C(=O)Nc1ccc([C@H]2O[C@@H]3CN[C@H]2C3)cc1. The number of nitrogens with one attached hydrogen (secondary N) is 3. The number of hydrogen-bond acceptors (Lipinski definition) is 5. The van der Waals surface area contributed by atoms with Gasteiger partial charge in [-0.3, -0.25) is 4.79 Å². The molecule has 3 atom stereocenters. The van der Waals surface area contributed by atoms with E-state index in [4.69, 9.17) is 15.9 Å².